The predicted octanol–water partition coefficient (Wildman–Crippen LogP) is 1.75. The van der Waals surface area contributed by atoms with Gasteiger partial charge in [-0.05, 0) is 37.3 Å². The zero-order chi connectivity index (χ0) is 21.6. The van der Waals surface area contributed by atoms with Crippen LogP contribution in [-0.4, -0.2) is 46.2 Å². The van der Waals surface area contributed by atoms with Crippen LogP contribution in [0.5, 0.6) is 0 Å². The first-order chi connectivity index (χ1) is 14.9. The Morgan fingerprint density at radius 2 is 1.94 bits per heavy atom. The number of benzene rings is 1. The summed E-state index contributed by atoms with van der Waals surface area (Å²) in [5.41, 5.74) is 1.28. The molecule has 158 valence electrons. The molecule has 1 aliphatic rings. The molecule has 0 amide bonds. The van der Waals surface area contributed by atoms with Gasteiger partial charge in [0.2, 0.25) is 9.84 Å². The molecule has 1 aromatic carbocycles. The summed E-state index contributed by atoms with van der Waals surface area (Å²) in [6, 6.07) is 10.1. The molecule has 31 heavy (non-hydrogen) atoms. The zero-order valence-corrected chi connectivity index (χ0v) is 17.5. The lowest BCUT2D eigenvalue weighted by atomic mass is 10.2. The van der Waals surface area contributed by atoms with Crippen LogP contribution in [0.2, 0.25) is 0 Å². The normalized spacial score (nSPS) is 14.6. The smallest absolute Gasteiger partial charge is 0.274 e. The number of aryl methyl sites for hydroxylation is 1. The van der Waals surface area contributed by atoms with Gasteiger partial charge >= 0.3 is 0 Å². The third kappa shape index (κ3) is 3.53. The third-order valence-electron chi connectivity index (χ3n) is 5.27. The van der Waals surface area contributed by atoms with Crippen LogP contribution in [0.4, 0.5) is 0 Å². The van der Waals surface area contributed by atoms with Gasteiger partial charge in [-0.15, -0.1) is 0 Å². The quantitative estimate of drug-likeness (QED) is 0.468. The minimum atomic E-state index is -3.77. The molecular weight excluding hydrogens is 418 g/mol. The molecule has 0 bridgehead atoms. The third-order valence-corrected chi connectivity index (χ3v) is 6.98. The van der Waals surface area contributed by atoms with Crippen molar-refractivity contribution in [3.05, 3.63) is 76.7 Å². The van der Waals surface area contributed by atoms with E-state index in [0.717, 1.165) is 11.4 Å². The molecule has 4 aromatic rings. The van der Waals surface area contributed by atoms with Crippen molar-refractivity contribution in [1.29, 1.82) is 0 Å². The average Bonchev–Trinajstić information content (AvgIpc) is 3.19. The van der Waals surface area contributed by atoms with E-state index in [2.05, 4.69) is 15.2 Å². The molecule has 5 rings (SSSR count). The number of ether oxygens (including phenoxy) is 1. The van der Waals surface area contributed by atoms with Crippen molar-refractivity contribution >= 4 is 20.6 Å². The van der Waals surface area contributed by atoms with Gasteiger partial charge in [-0.25, -0.2) is 13.1 Å². The van der Waals surface area contributed by atoms with E-state index < -0.39 is 9.84 Å². The summed E-state index contributed by atoms with van der Waals surface area (Å²) in [5, 5.41) is 9.21. The Balaban J connectivity index is 1.48. The Kier molecular flexibility index (Phi) is 4.67. The standard InChI is InChI=1S/C21H19N5O4S/c1-14-3-2-4-16(24-14)10-26-21(27)20-6-5-18(7-15(20)8-22-26)31(28,29)19-9-23-25(11-19)17-12-30-13-17/h2-9,11,17H,10,12-13H2,1H3. The van der Waals surface area contributed by atoms with Crippen molar-refractivity contribution in [2.24, 2.45) is 0 Å². The van der Waals surface area contributed by atoms with Gasteiger partial charge in [0.1, 0.15) is 4.90 Å². The van der Waals surface area contributed by atoms with Crippen molar-refractivity contribution in [3.63, 3.8) is 0 Å². The minimum Gasteiger partial charge on any atom is -0.377 e. The van der Waals surface area contributed by atoms with Crippen LogP contribution in [0, 0.1) is 6.92 Å². The van der Waals surface area contributed by atoms with E-state index in [1.165, 1.54) is 41.5 Å². The van der Waals surface area contributed by atoms with Gasteiger partial charge in [0.15, 0.2) is 0 Å². The molecule has 0 spiro atoms. The Bertz CT molecular complexity index is 1450. The molecule has 0 saturated carbocycles. The fourth-order valence-corrected chi connectivity index (χ4v) is 4.69. The topological polar surface area (TPSA) is 109 Å². The first-order valence-corrected chi connectivity index (χ1v) is 11.2. The lowest BCUT2D eigenvalue weighted by Gasteiger charge is -2.25. The maximum absolute atomic E-state index is 13.0. The van der Waals surface area contributed by atoms with Crippen LogP contribution in [0.3, 0.4) is 0 Å². The van der Waals surface area contributed by atoms with Crippen LogP contribution in [0.25, 0.3) is 10.8 Å². The van der Waals surface area contributed by atoms with E-state index in [9.17, 15) is 13.2 Å². The van der Waals surface area contributed by atoms with Crippen molar-refractivity contribution in [1.82, 2.24) is 24.5 Å². The Labute approximate surface area is 177 Å². The van der Waals surface area contributed by atoms with Crippen LogP contribution < -0.4 is 5.56 Å². The van der Waals surface area contributed by atoms with Gasteiger partial charge in [0.05, 0.1) is 54.2 Å². The number of sulfone groups is 1. The zero-order valence-electron chi connectivity index (χ0n) is 16.7. The monoisotopic (exact) mass is 437 g/mol. The molecule has 1 aliphatic heterocycles. The number of hydrogen-bond donors (Lipinski definition) is 0. The average molecular weight is 437 g/mol. The fourth-order valence-electron chi connectivity index (χ4n) is 3.46. The van der Waals surface area contributed by atoms with Gasteiger partial charge in [-0.2, -0.15) is 10.2 Å². The molecule has 0 radical (unpaired) electrons. The van der Waals surface area contributed by atoms with Gasteiger partial charge in [0.25, 0.3) is 5.56 Å². The van der Waals surface area contributed by atoms with Crippen LogP contribution in [0.1, 0.15) is 17.4 Å². The second kappa shape index (κ2) is 7.40. The number of hydrogen-bond acceptors (Lipinski definition) is 7. The summed E-state index contributed by atoms with van der Waals surface area (Å²) < 4.78 is 34.2. The van der Waals surface area contributed by atoms with E-state index in [0.29, 0.717) is 24.0 Å². The highest BCUT2D eigenvalue weighted by Gasteiger charge is 2.25. The molecule has 3 aromatic heterocycles. The highest BCUT2D eigenvalue weighted by atomic mass is 32.2. The summed E-state index contributed by atoms with van der Waals surface area (Å²) in [4.78, 5) is 17.5. The molecule has 1 fully saturated rings. The van der Waals surface area contributed by atoms with E-state index in [4.69, 9.17) is 4.74 Å². The van der Waals surface area contributed by atoms with Gasteiger partial charge in [-0.1, -0.05) is 6.07 Å². The Morgan fingerprint density at radius 3 is 2.68 bits per heavy atom. The summed E-state index contributed by atoms with van der Waals surface area (Å²) in [5.74, 6) is 0. The maximum atomic E-state index is 13.0. The number of nitrogens with zero attached hydrogens (tertiary/aromatic N) is 5. The molecule has 9 nitrogen and oxygen atoms in total. The van der Waals surface area contributed by atoms with Crippen molar-refractivity contribution in [2.75, 3.05) is 13.2 Å². The van der Waals surface area contributed by atoms with Crippen LogP contribution >= 0.6 is 0 Å². The molecule has 10 heteroatoms. The SMILES string of the molecule is Cc1cccc(Cn2ncc3cc(S(=O)(=O)c4cnn(C5COC5)c4)ccc3c2=O)n1. The van der Waals surface area contributed by atoms with Crippen LogP contribution in [-0.2, 0) is 21.1 Å². The molecule has 4 heterocycles. The lowest BCUT2D eigenvalue weighted by molar-refractivity contribution is -0.0287. The highest BCUT2D eigenvalue weighted by Crippen LogP contribution is 2.25. The summed E-state index contributed by atoms with van der Waals surface area (Å²) >= 11 is 0. The predicted molar refractivity (Wildman–Crippen MR) is 112 cm³/mol. The van der Waals surface area contributed by atoms with Gasteiger partial charge in [0, 0.05) is 17.3 Å². The maximum Gasteiger partial charge on any atom is 0.274 e. The first-order valence-electron chi connectivity index (χ1n) is 9.71. The summed E-state index contributed by atoms with van der Waals surface area (Å²) in [7, 11) is -3.77. The molecule has 0 aliphatic carbocycles. The number of pyridine rings is 1. The van der Waals surface area contributed by atoms with Crippen LogP contribution in [0.15, 0.2) is 69.6 Å². The van der Waals surface area contributed by atoms with E-state index >= 15 is 0 Å². The summed E-state index contributed by atoms with van der Waals surface area (Å²) in [6.45, 7) is 3.16. The Morgan fingerprint density at radius 1 is 1.10 bits per heavy atom. The lowest BCUT2D eigenvalue weighted by Crippen LogP contribution is -2.30. The van der Waals surface area contributed by atoms with Gasteiger partial charge in [-0.3, -0.25) is 14.5 Å². The van der Waals surface area contributed by atoms with Crippen molar-refractivity contribution in [3.8, 4) is 0 Å². The molecule has 1 saturated heterocycles. The van der Waals surface area contributed by atoms with Gasteiger partial charge < -0.3 is 4.74 Å². The fraction of sp³-hybridized carbons (Fsp3) is 0.238. The second-order valence-electron chi connectivity index (χ2n) is 7.48. The number of rotatable bonds is 5. The van der Waals surface area contributed by atoms with Crippen molar-refractivity contribution < 1.29 is 13.2 Å². The van der Waals surface area contributed by atoms with E-state index in [1.54, 1.807) is 4.68 Å². The van der Waals surface area contributed by atoms with Crippen molar-refractivity contribution in [2.45, 2.75) is 29.3 Å². The van der Waals surface area contributed by atoms with E-state index in [-0.39, 0.29) is 27.9 Å². The Hall–Kier alpha value is -3.37. The highest BCUT2D eigenvalue weighted by molar-refractivity contribution is 7.91. The minimum absolute atomic E-state index is 0.0612. The molecular formula is C21H19N5O4S. The van der Waals surface area contributed by atoms with E-state index in [1.807, 2.05) is 25.1 Å². The first kappa shape index (κ1) is 19.6. The summed E-state index contributed by atoms with van der Waals surface area (Å²) in [6.07, 6.45) is 4.35. The molecule has 0 atom stereocenters. The number of fused-ring (bicyclic) bond motifs is 1. The largest absolute Gasteiger partial charge is 0.377 e. The second-order valence-corrected chi connectivity index (χ2v) is 9.43. The molecule has 0 N–H and O–H groups in total. The molecule has 0 unspecified atom stereocenters. The number of aromatic nitrogens is 5.